The first-order valence-corrected chi connectivity index (χ1v) is 4.18. The van der Waals surface area contributed by atoms with Crippen molar-refractivity contribution >= 4 is 5.91 Å². The van der Waals surface area contributed by atoms with Crippen molar-refractivity contribution in [1.29, 1.82) is 0 Å². The van der Waals surface area contributed by atoms with Crippen molar-refractivity contribution in [3.05, 3.63) is 23.8 Å². The minimum absolute atomic E-state index is 0.118. The van der Waals surface area contributed by atoms with Gasteiger partial charge < -0.3 is 15.2 Å². The molecule has 0 aliphatic rings. The molecule has 0 atom stereocenters. The summed E-state index contributed by atoms with van der Waals surface area (Å²) in [6.45, 7) is 1.80. The Morgan fingerprint density at radius 2 is 2.00 bits per heavy atom. The average Bonchev–Trinajstić information content (AvgIpc) is 2.14. The van der Waals surface area contributed by atoms with Gasteiger partial charge in [-0.3, -0.25) is 4.79 Å². The van der Waals surface area contributed by atoms with Crippen molar-refractivity contribution in [2.45, 2.75) is 6.92 Å². The molecule has 76 valence electrons. The molecule has 0 aliphatic carbocycles. The molecule has 14 heavy (non-hydrogen) atoms. The van der Waals surface area contributed by atoms with Crippen LogP contribution in [0.2, 0.25) is 0 Å². The Labute approximate surface area is 82.6 Å². The number of aryl methyl sites for hydroxylation is 1. The molecule has 0 aromatic heterocycles. The zero-order valence-corrected chi connectivity index (χ0v) is 8.24. The van der Waals surface area contributed by atoms with E-state index >= 15 is 0 Å². The summed E-state index contributed by atoms with van der Waals surface area (Å²) in [5.74, 6) is 0.788. The van der Waals surface area contributed by atoms with E-state index in [1.165, 1.54) is 0 Å². The Kier molecular flexibility index (Phi) is 3.34. The summed E-state index contributed by atoms with van der Waals surface area (Å²) in [5.41, 5.74) is 5.96. The summed E-state index contributed by atoms with van der Waals surface area (Å²) in [6.07, 6.45) is 0. The van der Waals surface area contributed by atoms with Crippen molar-refractivity contribution in [3.8, 4) is 11.5 Å². The van der Waals surface area contributed by atoms with Gasteiger partial charge in [0.1, 0.15) is 11.5 Å². The third-order valence-corrected chi connectivity index (χ3v) is 1.64. The summed E-state index contributed by atoms with van der Waals surface area (Å²) in [6, 6.07) is 5.39. The van der Waals surface area contributed by atoms with Gasteiger partial charge in [0.05, 0.1) is 7.11 Å². The molecular formula is C10H13NO3. The fourth-order valence-corrected chi connectivity index (χ4v) is 1.07. The van der Waals surface area contributed by atoms with Crippen LogP contribution < -0.4 is 15.2 Å². The Hall–Kier alpha value is -1.71. The van der Waals surface area contributed by atoms with E-state index < -0.39 is 5.91 Å². The maximum absolute atomic E-state index is 10.5. The van der Waals surface area contributed by atoms with Crippen LogP contribution in [0.4, 0.5) is 0 Å². The Bertz CT molecular complexity index is 336. The van der Waals surface area contributed by atoms with E-state index in [-0.39, 0.29) is 6.61 Å². The first-order chi connectivity index (χ1) is 6.61. The lowest BCUT2D eigenvalue weighted by molar-refractivity contribution is -0.119. The molecule has 4 heteroatoms. The minimum atomic E-state index is -0.495. The number of carbonyl (C=O) groups is 1. The minimum Gasteiger partial charge on any atom is -0.497 e. The average molecular weight is 195 g/mol. The number of ether oxygens (including phenoxy) is 2. The number of primary amides is 1. The van der Waals surface area contributed by atoms with Crippen LogP contribution in [-0.4, -0.2) is 19.6 Å². The van der Waals surface area contributed by atoms with Crippen LogP contribution in [0, 0.1) is 6.92 Å². The lowest BCUT2D eigenvalue weighted by atomic mass is 10.2. The molecule has 0 saturated heterocycles. The third-order valence-electron chi connectivity index (χ3n) is 1.64. The zero-order valence-electron chi connectivity index (χ0n) is 8.24. The summed E-state index contributed by atoms with van der Waals surface area (Å²) < 4.78 is 10.2. The van der Waals surface area contributed by atoms with Crippen molar-refractivity contribution in [2.75, 3.05) is 13.7 Å². The van der Waals surface area contributed by atoms with Crippen molar-refractivity contribution in [2.24, 2.45) is 5.73 Å². The van der Waals surface area contributed by atoms with Crippen LogP contribution in [0.1, 0.15) is 5.56 Å². The highest BCUT2D eigenvalue weighted by Crippen LogP contribution is 2.21. The number of rotatable bonds is 4. The van der Waals surface area contributed by atoms with E-state index in [1.54, 1.807) is 13.2 Å². The van der Waals surface area contributed by atoms with Gasteiger partial charge in [-0.1, -0.05) is 0 Å². The largest absolute Gasteiger partial charge is 0.497 e. The fourth-order valence-electron chi connectivity index (χ4n) is 1.07. The van der Waals surface area contributed by atoms with Gasteiger partial charge in [0.2, 0.25) is 0 Å². The number of amides is 1. The number of hydrogen-bond donors (Lipinski definition) is 1. The summed E-state index contributed by atoms with van der Waals surface area (Å²) in [7, 11) is 1.58. The van der Waals surface area contributed by atoms with E-state index in [0.717, 1.165) is 5.56 Å². The molecule has 0 aliphatic heterocycles. The van der Waals surface area contributed by atoms with Crippen LogP contribution in [0.25, 0.3) is 0 Å². The lowest BCUT2D eigenvalue weighted by Crippen LogP contribution is -2.20. The smallest absolute Gasteiger partial charge is 0.255 e. The summed E-state index contributed by atoms with van der Waals surface area (Å²) in [4.78, 5) is 10.5. The van der Waals surface area contributed by atoms with E-state index in [1.807, 2.05) is 19.1 Å². The summed E-state index contributed by atoms with van der Waals surface area (Å²) >= 11 is 0. The monoisotopic (exact) mass is 195 g/mol. The van der Waals surface area contributed by atoms with Crippen LogP contribution in [0.3, 0.4) is 0 Å². The number of hydrogen-bond acceptors (Lipinski definition) is 3. The number of methoxy groups -OCH3 is 1. The maximum Gasteiger partial charge on any atom is 0.255 e. The second kappa shape index (κ2) is 4.50. The first kappa shape index (κ1) is 10.4. The van der Waals surface area contributed by atoms with E-state index in [2.05, 4.69) is 0 Å². The Balaban J connectivity index is 2.76. The van der Waals surface area contributed by atoms with Crippen molar-refractivity contribution in [1.82, 2.24) is 0 Å². The topological polar surface area (TPSA) is 61.6 Å². The zero-order chi connectivity index (χ0) is 10.6. The Morgan fingerprint density at radius 3 is 2.57 bits per heavy atom. The highest BCUT2D eigenvalue weighted by atomic mass is 16.5. The maximum atomic E-state index is 10.5. The van der Waals surface area contributed by atoms with Gasteiger partial charge in [-0.05, 0) is 24.6 Å². The van der Waals surface area contributed by atoms with E-state index in [4.69, 9.17) is 15.2 Å². The van der Waals surface area contributed by atoms with Gasteiger partial charge >= 0.3 is 0 Å². The van der Waals surface area contributed by atoms with Crippen LogP contribution in [0.5, 0.6) is 11.5 Å². The highest BCUT2D eigenvalue weighted by Gasteiger charge is 2.01. The molecule has 0 heterocycles. The predicted molar refractivity (Wildman–Crippen MR) is 52.4 cm³/mol. The molecule has 0 unspecified atom stereocenters. The molecule has 0 spiro atoms. The van der Waals surface area contributed by atoms with Gasteiger partial charge in [-0.15, -0.1) is 0 Å². The van der Waals surface area contributed by atoms with Crippen LogP contribution >= 0.6 is 0 Å². The number of nitrogens with two attached hydrogens (primary N) is 1. The van der Waals surface area contributed by atoms with Gasteiger partial charge in [0.15, 0.2) is 6.61 Å². The predicted octanol–water partition coefficient (Wildman–Crippen LogP) is 0.868. The molecule has 0 radical (unpaired) electrons. The highest BCUT2D eigenvalue weighted by molar-refractivity contribution is 5.75. The lowest BCUT2D eigenvalue weighted by Gasteiger charge is -2.07. The molecule has 1 aromatic rings. The molecule has 0 saturated carbocycles. The molecular weight excluding hydrogens is 182 g/mol. The Morgan fingerprint density at radius 1 is 1.36 bits per heavy atom. The summed E-state index contributed by atoms with van der Waals surface area (Å²) in [5, 5.41) is 0. The molecule has 1 aromatic carbocycles. The van der Waals surface area contributed by atoms with Gasteiger partial charge in [-0.2, -0.15) is 0 Å². The number of carbonyl (C=O) groups excluding carboxylic acids is 1. The quantitative estimate of drug-likeness (QED) is 0.775. The standard InChI is InChI=1S/C10H13NO3/c1-7-3-8(13-2)5-9(4-7)14-6-10(11)12/h3-5H,6H2,1-2H3,(H2,11,12). The van der Waals surface area contributed by atoms with Gasteiger partial charge in [-0.25, -0.2) is 0 Å². The molecule has 1 rings (SSSR count). The van der Waals surface area contributed by atoms with Crippen molar-refractivity contribution < 1.29 is 14.3 Å². The second-order valence-corrected chi connectivity index (χ2v) is 2.94. The molecule has 4 nitrogen and oxygen atoms in total. The number of benzene rings is 1. The molecule has 1 amide bonds. The first-order valence-electron chi connectivity index (χ1n) is 4.18. The van der Waals surface area contributed by atoms with Gasteiger partial charge in [0.25, 0.3) is 5.91 Å². The van der Waals surface area contributed by atoms with Crippen molar-refractivity contribution in [3.63, 3.8) is 0 Å². The van der Waals surface area contributed by atoms with Gasteiger partial charge in [0, 0.05) is 6.07 Å². The normalized spacial score (nSPS) is 9.57. The molecule has 0 bridgehead atoms. The van der Waals surface area contributed by atoms with Crippen LogP contribution in [-0.2, 0) is 4.79 Å². The van der Waals surface area contributed by atoms with E-state index in [9.17, 15) is 4.79 Å². The van der Waals surface area contributed by atoms with E-state index in [0.29, 0.717) is 11.5 Å². The fraction of sp³-hybridized carbons (Fsp3) is 0.300. The molecule has 0 fully saturated rings. The third kappa shape index (κ3) is 2.97. The van der Waals surface area contributed by atoms with Crippen LogP contribution in [0.15, 0.2) is 18.2 Å². The SMILES string of the molecule is COc1cc(C)cc(OCC(N)=O)c1. The second-order valence-electron chi connectivity index (χ2n) is 2.94. The molecule has 2 N–H and O–H groups in total.